The van der Waals surface area contributed by atoms with Gasteiger partial charge in [0.1, 0.15) is 6.04 Å². The summed E-state index contributed by atoms with van der Waals surface area (Å²) in [6, 6.07) is 21.7. The molecule has 3 aromatic carbocycles. The number of hydrogen-bond donors (Lipinski definition) is 3. The second kappa shape index (κ2) is 8.65. The molecule has 1 aliphatic heterocycles. The van der Waals surface area contributed by atoms with E-state index in [4.69, 9.17) is 11.5 Å². The smallest absolute Gasteiger partial charge is 0.247 e. The van der Waals surface area contributed by atoms with Crippen LogP contribution in [0.2, 0.25) is 0 Å². The minimum Gasteiger partial charge on any atom is -0.328 e. The molecular formula is C24H26N4O2. The van der Waals surface area contributed by atoms with Gasteiger partial charge in [0.05, 0.1) is 6.04 Å². The van der Waals surface area contributed by atoms with Gasteiger partial charge in [-0.2, -0.15) is 0 Å². The van der Waals surface area contributed by atoms with Crippen molar-refractivity contribution in [2.45, 2.75) is 31.0 Å². The van der Waals surface area contributed by atoms with E-state index in [1.807, 2.05) is 72.8 Å². The third-order valence-electron chi connectivity index (χ3n) is 5.55. The molecule has 1 fully saturated rings. The van der Waals surface area contributed by atoms with Gasteiger partial charge in [0, 0.05) is 18.3 Å². The lowest BCUT2D eigenvalue weighted by atomic mass is 10.0. The summed E-state index contributed by atoms with van der Waals surface area (Å²) < 4.78 is 0. The maximum atomic E-state index is 13.0. The van der Waals surface area contributed by atoms with Crippen LogP contribution < -0.4 is 16.8 Å². The second-order valence-corrected chi connectivity index (χ2v) is 7.85. The number of nitrogens with one attached hydrogen (secondary N) is 1. The molecule has 1 aliphatic rings. The number of anilines is 1. The summed E-state index contributed by atoms with van der Waals surface area (Å²) in [5, 5.41) is 5.08. The maximum Gasteiger partial charge on any atom is 0.247 e. The Bertz CT molecular complexity index is 1050. The van der Waals surface area contributed by atoms with Crippen molar-refractivity contribution >= 4 is 28.3 Å². The van der Waals surface area contributed by atoms with Crippen molar-refractivity contribution in [3.05, 3.63) is 78.4 Å². The van der Waals surface area contributed by atoms with Crippen LogP contribution in [0.1, 0.15) is 12.0 Å². The number of likely N-dealkylation sites (tertiary alicyclic amines) is 1. The largest absolute Gasteiger partial charge is 0.328 e. The van der Waals surface area contributed by atoms with Crippen molar-refractivity contribution < 1.29 is 9.59 Å². The van der Waals surface area contributed by atoms with E-state index in [2.05, 4.69) is 5.32 Å². The lowest BCUT2D eigenvalue weighted by Crippen LogP contribution is -2.50. The van der Waals surface area contributed by atoms with Gasteiger partial charge in [0.2, 0.25) is 11.8 Å². The first-order chi connectivity index (χ1) is 14.5. The second-order valence-electron chi connectivity index (χ2n) is 7.85. The Hall–Kier alpha value is -3.22. The SMILES string of the molecule is N[C@@H]1C[C@@H](C(=O)Nc2ccc3ccccc3c2)N(C(=O)[C@@H](N)Cc2ccccc2)C1. The van der Waals surface area contributed by atoms with E-state index in [1.165, 1.54) is 4.90 Å². The van der Waals surface area contributed by atoms with E-state index in [0.717, 1.165) is 16.3 Å². The zero-order valence-electron chi connectivity index (χ0n) is 16.7. The molecule has 154 valence electrons. The molecule has 0 radical (unpaired) electrons. The lowest BCUT2D eigenvalue weighted by molar-refractivity contribution is -0.137. The van der Waals surface area contributed by atoms with Gasteiger partial charge < -0.3 is 21.7 Å². The Morgan fingerprint density at radius 1 is 1.00 bits per heavy atom. The number of amides is 2. The number of rotatable bonds is 5. The zero-order chi connectivity index (χ0) is 21.1. The van der Waals surface area contributed by atoms with Crippen LogP contribution in [0.3, 0.4) is 0 Å². The highest BCUT2D eigenvalue weighted by Crippen LogP contribution is 2.23. The zero-order valence-corrected chi connectivity index (χ0v) is 16.7. The lowest BCUT2D eigenvalue weighted by Gasteiger charge is -2.26. The van der Waals surface area contributed by atoms with E-state index in [0.29, 0.717) is 25.1 Å². The van der Waals surface area contributed by atoms with Crippen molar-refractivity contribution in [3.8, 4) is 0 Å². The molecule has 0 saturated carbocycles. The molecule has 6 nitrogen and oxygen atoms in total. The monoisotopic (exact) mass is 402 g/mol. The summed E-state index contributed by atoms with van der Waals surface area (Å²) in [4.78, 5) is 27.5. The van der Waals surface area contributed by atoms with Gasteiger partial charge in [-0.15, -0.1) is 0 Å². The molecule has 3 atom stereocenters. The van der Waals surface area contributed by atoms with Crippen LogP contribution in [-0.2, 0) is 16.0 Å². The third kappa shape index (κ3) is 4.35. The summed E-state index contributed by atoms with van der Waals surface area (Å²) in [6.07, 6.45) is 0.841. The van der Waals surface area contributed by atoms with Crippen LogP contribution in [0.4, 0.5) is 5.69 Å². The first kappa shape index (κ1) is 20.1. The minimum atomic E-state index is -0.714. The molecule has 0 bridgehead atoms. The Balaban J connectivity index is 1.47. The average molecular weight is 402 g/mol. The molecule has 1 saturated heterocycles. The standard InChI is InChI=1S/C24H26N4O2/c25-19-14-22(23(29)27-20-11-10-17-8-4-5-9-18(17)13-20)28(15-19)24(30)21(26)12-16-6-2-1-3-7-16/h1-11,13,19,21-22H,12,14-15,25-26H2,(H,27,29)/t19-,21+,22+/m1/s1. The third-order valence-corrected chi connectivity index (χ3v) is 5.55. The van der Waals surface area contributed by atoms with Gasteiger partial charge in [-0.3, -0.25) is 9.59 Å². The van der Waals surface area contributed by atoms with E-state index < -0.39 is 12.1 Å². The van der Waals surface area contributed by atoms with Crippen molar-refractivity contribution in [1.29, 1.82) is 0 Å². The van der Waals surface area contributed by atoms with Gasteiger partial charge in [0.25, 0.3) is 0 Å². The highest BCUT2D eigenvalue weighted by atomic mass is 16.2. The van der Waals surface area contributed by atoms with Crippen LogP contribution in [-0.4, -0.2) is 41.4 Å². The van der Waals surface area contributed by atoms with E-state index in [-0.39, 0.29) is 17.9 Å². The summed E-state index contributed by atoms with van der Waals surface area (Å²) in [5.74, 6) is -0.482. The summed E-state index contributed by atoms with van der Waals surface area (Å²) >= 11 is 0. The number of hydrogen-bond acceptors (Lipinski definition) is 4. The van der Waals surface area contributed by atoms with Crippen molar-refractivity contribution in [2.75, 3.05) is 11.9 Å². The predicted octanol–water partition coefficient (Wildman–Crippen LogP) is 2.28. The van der Waals surface area contributed by atoms with Crippen LogP contribution in [0.5, 0.6) is 0 Å². The molecule has 3 aromatic rings. The van der Waals surface area contributed by atoms with Crippen LogP contribution in [0.25, 0.3) is 10.8 Å². The number of benzene rings is 3. The number of carbonyl (C=O) groups is 2. The number of nitrogens with two attached hydrogens (primary N) is 2. The number of nitrogens with zero attached hydrogens (tertiary/aromatic N) is 1. The minimum absolute atomic E-state index is 0.238. The molecule has 4 rings (SSSR count). The fraction of sp³-hybridized carbons (Fsp3) is 0.250. The van der Waals surface area contributed by atoms with Crippen LogP contribution in [0, 0.1) is 0 Å². The molecule has 0 aliphatic carbocycles. The van der Waals surface area contributed by atoms with Crippen LogP contribution in [0.15, 0.2) is 72.8 Å². The van der Waals surface area contributed by atoms with Gasteiger partial charge >= 0.3 is 0 Å². The normalized spacial score (nSPS) is 19.6. The fourth-order valence-electron chi connectivity index (χ4n) is 4.02. The molecular weight excluding hydrogens is 376 g/mol. The Labute approximate surface area is 175 Å². The highest BCUT2D eigenvalue weighted by molar-refractivity contribution is 6.00. The number of fused-ring (bicyclic) bond motifs is 1. The van der Waals surface area contributed by atoms with E-state index in [9.17, 15) is 9.59 Å². The first-order valence-corrected chi connectivity index (χ1v) is 10.2. The van der Waals surface area contributed by atoms with Gasteiger partial charge in [0.15, 0.2) is 0 Å². The predicted molar refractivity (Wildman–Crippen MR) is 119 cm³/mol. The van der Waals surface area contributed by atoms with E-state index in [1.54, 1.807) is 0 Å². The van der Waals surface area contributed by atoms with Crippen molar-refractivity contribution in [2.24, 2.45) is 11.5 Å². The molecule has 0 aromatic heterocycles. The van der Waals surface area contributed by atoms with Gasteiger partial charge in [-0.1, -0.05) is 60.7 Å². The molecule has 0 spiro atoms. The maximum absolute atomic E-state index is 13.0. The molecule has 0 unspecified atom stereocenters. The molecule has 30 heavy (non-hydrogen) atoms. The molecule has 2 amide bonds. The summed E-state index contributed by atoms with van der Waals surface area (Å²) in [7, 11) is 0. The molecule has 5 N–H and O–H groups in total. The fourth-order valence-corrected chi connectivity index (χ4v) is 4.02. The highest BCUT2D eigenvalue weighted by Gasteiger charge is 2.39. The van der Waals surface area contributed by atoms with Crippen molar-refractivity contribution in [1.82, 2.24) is 4.90 Å². The van der Waals surface area contributed by atoms with Gasteiger partial charge in [-0.25, -0.2) is 0 Å². The van der Waals surface area contributed by atoms with Gasteiger partial charge in [-0.05, 0) is 41.3 Å². The topological polar surface area (TPSA) is 101 Å². The number of carbonyl (C=O) groups excluding carboxylic acids is 2. The average Bonchev–Trinajstić information content (AvgIpc) is 3.15. The quantitative estimate of drug-likeness (QED) is 0.609. The Morgan fingerprint density at radius 2 is 1.70 bits per heavy atom. The summed E-state index contributed by atoms with van der Waals surface area (Å²) in [6.45, 7) is 0.330. The molecule has 6 heteroatoms. The van der Waals surface area contributed by atoms with Crippen molar-refractivity contribution in [3.63, 3.8) is 0 Å². The Kier molecular flexibility index (Phi) is 5.79. The van der Waals surface area contributed by atoms with E-state index >= 15 is 0 Å². The molecule has 1 heterocycles. The summed E-state index contributed by atoms with van der Waals surface area (Å²) in [5.41, 5.74) is 14.0. The Morgan fingerprint density at radius 3 is 2.47 bits per heavy atom. The van der Waals surface area contributed by atoms with Crippen LogP contribution >= 0.6 is 0 Å². The first-order valence-electron chi connectivity index (χ1n) is 10.2.